The number of benzene rings is 3. The lowest BCUT2D eigenvalue weighted by Crippen LogP contribution is -2.39. The predicted molar refractivity (Wildman–Crippen MR) is 141 cm³/mol. The van der Waals surface area contributed by atoms with Gasteiger partial charge in [-0.3, -0.25) is 24.3 Å². The van der Waals surface area contributed by atoms with E-state index in [1.807, 2.05) is 49.4 Å². The van der Waals surface area contributed by atoms with Gasteiger partial charge < -0.3 is 5.32 Å². The number of nitrogens with zero attached hydrogens (tertiary/aromatic N) is 1. The average Bonchev–Trinajstić information content (AvgIpc) is 2.85. The van der Waals surface area contributed by atoms with Crippen LogP contribution in [0.2, 0.25) is 5.02 Å². The number of carbonyl (C=O) groups excluding carboxylic acids is 2. The fraction of sp³-hybridized carbons (Fsp3) is 0.143. The van der Waals surface area contributed by atoms with E-state index in [4.69, 9.17) is 11.6 Å². The Morgan fingerprint density at radius 1 is 0.944 bits per heavy atom. The molecule has 182 valence electrons. The molecule has 1 heterocycles. The Bertz CT molecular complexity index is 1540. The highest BCUT2D eigenvalue weighted by Crippen LogP contribution is 2.25. The summed E-state index contributed by atoms with van der Waals surface area (Å²) in [6.07, 6.45) is 0.170. The molecule has 0 aliphatic heterocycles. The van der Waals surface area contributed by atoms with Gasteiger partial charge in [-0.2, -0.15) is 0 Å². The highest BCUT2D eigenvalue weighted by molar-refractivity contribution is 6.31. The van der Waals surface area contributed by atoms with Gasteiger partial charge in [0.25, 0.3) is 11.1 Å². The highest BCUT2D eigenvalue weighted by Gasteiger charge is 2.25. The number of ketones is 1. The molecule has 1 aromatic heterocycles. The van der Waals surface area contributed by atoms with Crippen LogP contribution < -0.4 is 16.4 Å². The van der Waals surface area contributed by atoms with Crippen molar-refractivity contribution in [2.24, 2.45) is 0 Å². The fourth-order valence-corrected chi connectivity index (χ4v) is 4.13. The zero-order chi connectivity index (χ0) is 25.8. The molecule has 0 bridgehead atoms. The van der Waals surface area contributed by atoms with E-state index in [0.717, 1.165) is 21.9 Å². The molecule has 0 spiro atoms. The predicted octanol–water partition coefficient (Wildman–Crippen LogP) is 4.79. The van der Waals surface area contributed by atoms with Crippen LogP contribution in [0.25, 0.3) is 11.1 Å². The van der Waals surface area contributed by atoms with Crippen molar-refractivity contribution in [3.05, 3.63) is 121 Å². The highest BCUT2D eigenvalue weighted by atomic mass is 35.5. The zero-order valence-electron chi connectivity index (χ0n) is 19.7. The maximum atomic E-state index is 13.4. The molecular weight excluding hydrogens is 478 g/mol. The van der Waals surface area contributed by atoms with Gasteiger partial charge in [-0.15, -0.1) is 0 Å². The smallest absolute Gasteiger partial charge is 0.270 e. The molecule has 36 heavy (non-hydrogen) atoms. The van der Waals surface area contributed by atoms with Gasteiger partial charge in [-0.05, 0) is 55.3 Å². The number of carbonyl (C=O) groups is 2. The van der Waals surface area contributed by atoms with Crippen LogP contribution in [0.1, 0.15) is 34.5 Å². The number of anilines is 1. The number of aryl methyl sites for hydroxylation is 1. The molecule has 0 aliphatic rings. The SMILES string of the molecule is CC(=O)c1ccc(Cl)cc1-c1cc(=O)n(C(Cc2ccccc2)C(=O)Nc2ccc(C)cc2)[nH]c1=O. The Balaban J connectivity index is 1.79. The van der Waals surface area contributed by atoms with Crippen LogP contribution in [-0.4, -0.2) is 21.5 Å². The quantitative estimate of drug-likeness (QED) is 0.355. The summed E-state index contributed by atoms with van der Waals surface area (Å²) in [7, 11) is 0. The van der Waals surface area contributed by atoms with Crippen LogP contribution in [0.3, 0.4) is 0 Å². The van der Waals surface area contributed by atoms with Gasteiger partial charge in [0, 0.05) is 28.8 Å². The number of H-pyrrole nitrogens is 1. The van der Waals surface area contributed by atoms with E-state index >= 15 is 0 Å². The van der Waals surface area contributed by atoms with Crippen molar-refractivity contribution in [2.75, 3.05) is 5.32 Å². The number of nitrogens with one attached hydrogen (secondary N) is 2. The van der Waals surface area contributed by atoms with E-state index in [2.05, 4.69) is 10.4 Å². The molecule has 0 saturated heterocycles. The minimum Gasteiger partial charge on any atom is -0.324 e. The Kier molecular flexibility index (Phi) is 7.31. The molecule has 0 saturated carbocycles. The van der Waals surface area contributed by atoms with Crippen LogP contribution in [0.5, 0.6) is 0 Å². The second-order valence-electron chi connectivity index (χ2n) is 8.51. The summed E-state index contributed by atoms with van der Waals surface area (Å²) in [5, 5.41) is 5.71. The molecule has 2 N–H and O–H groups in total. The molecule has 0 fully saturated rings. The van der Waals surface area contributed by atoms with E-state index < -0.39 is 23.1 Å². The monoisotopic (exact) mass is 501 g/mol. The summed E-state index contributed by atoms with van der Waals surface area (Å²) < 4.78 is 1.03. The lowest BCUT2D eigenvalue weighted by atomic mass is 9.98. The second kappa shape index (κ2) is 10.6. The summed E-state index contributed by atoms with van der Waals surface area (Å²) in [5.41, 5.74) is 1.72. The largest absolute Gasteiger partial charge is 0.324 e. The van der Waals surface area contributed by atoms with Crippen molar-refractivity contribution in [1.29, 1.82) is 0 Å². The average molecular weight is 502 g/mol. The van der Waals surface area contributed by atoms with E-state index in [0.29, 0.717) is 10.7 Å². The summed E-state index contributed by atoms with van der Waals surface area (Å²) in [6, 6.07) is 21.1. The van der Waals surface area contributed by atoms with E-state index in [1.165, 1.54) is 19.1 Å². The summed E-state index contributed by atoms with van der Waals surface area (Å²) in [6.45, 7) is 3.31. The molecule has 4 rings (SSSR count). The van der Waals surface area contributed by atoms with E-state index in [9.17, 15) is 19.2 Å². The van der Waals surface area contributed by atoms with Crippen LogP contribution >= 0.6 is 11.6 Å². The first-order valence-electron chi connectivity index (χ1n) is 11.3. The molecule has 4 aromatic rings. The maximum Gasteiger partial charge on any atom is 0.270 e. The number of Topliss-reactive ketones (excluding diaryl/α,β-unsaturated/α-hetero) is 1. The van der Waals surface area contributed by atoms with Crippen molar-refractivity contribution in [2.45, 2.75) is 26.3 Å². The standard InChI is InChI=1S/C28H24ClN3O4/c1-17-8-11-21(12-9-17)30-28(36)25(14-19-6-4-3-5-7-19)32-26(34)16-24(27(35)31-32)23-15-20(29)10-13-22(23)18(2)33/h3-13,15-16,25H,14H2,1-2H3,(H,30,36)(H,31,35). The summed E-state index contributed by atoms with van der Waals surface area (Å²) >= 11 is 6.10. The number of rotatable bonds is 7. The Morgan fingerprint density at radius 3 is 2.31 bits per heavy atom. The summed E-state index contributed by atoms with van der Waals surface area (Å²) in [4.78, 5) is 51.9. The molecule has 1 atom stereocenters. The number of halogens is 1. The van der Waals surface area contributed by atoms with Gasteiger partial charge in [0.15, 0.2) is 5.78 Å². The van der Waals surface area contributed by atoms with Crippen LogP contribution in [0, 0.1) is 6.92 Å². The third-order valence-corrected chi connectivity index (χ3v) is 6.06. The first-order valence-corrected chi connectivity index (χ1v) is 11.7. The molecular formula is C28H24ClN3O4. The molecule has 0 radical (unpaired) electrons. The third-order valence-electron chi connectivity index (χ3n) is 5.83. The first kappa shape index (κ1) is 24.9. The number of amides is 1. The fourth-order valence-electron chi connectivity index (χ4n) is 3.96. The Hall–Kier alpha value is -4.23. The Labute approximate surface area is 212 Å². The maximum absolute atomic E-state index is 13.4. The van der Waals surface area contributed by atoms with Crippen LogP contribution in [-0.2, 0) is 11.2 Å². The number of aromatic amines is 1. The van der Waals surface area contributed by atoms with E-state index in [1.54, 1.807) is 18.2 Å². The van der Waals surface area contributed by atoms with E-state index in [-0.39, 0.29) is 28.9 Å². The number of hydrogen-bond donors (Lipinski definition) is 2. The molecule has 1 unspecified atom stereocenters. The topological polar surface area (TPSA) is 101 Å². The molecule has 8 heteroatoms. The van der Waals surface area contributed by atoms with Crippen LogP contribution in [0.15, 0.2) is 88.5 Å². The zero-order valence-corrected chi connectivity index (χ0v) is 20.5. The van der Waals surface area contributed by atoms with Crippen molar-refractivity contribution >= 4 is 29.0 Å². The van der Waals surface area contributed by atoms with Gasteiger partial charge in [0.05, 0.1) is 5.56 Å². The molecule has 1 amide bonds. The number of aromatic nitrogens is 2. The van der Waals surface area contributed by atoms with Gasteiger partial charge in [0.2, 0.25) is 5.91 Å². The minimum atomic E-state index is -1.03. The molecule has 7 nitrogen and oxygen atoms in total. The van der Waals surface area contributed by atoms with Crippen molar-refractivity contribution in [3.8, 4) is 11.1 Å². The lowest BCUT2D eigenvalue weighted by Gasteiger charge is -2.20. The van der Waals surface area contributed by atoms with Gasteiger partial charge in [-0.25, -0.2) is 4.68 Å². The normalized spacial score (nSPS) is 11.6. The van der Waals surface area contributed by atoms with Crippen molar-refractivity contribution in [1.82, 2.24) is 9.78 Å². The first-order chi connectivity index (χ1) is 17.2. The number of hydrogen-bond acceptors (Lipinski definition) is 4. The van der Waals surface area contributed by atoms with Gasteiger partial charge in [0.1, 0.15) is 6.04 Å². The molecule has 3 aromatic carbocycles. The van der Waals surface area contributed by atoms with Crippen molar-refractivity contribution < 1.29 is 9.59 Å². The third kappa shape index (κ3) is 5.53. The second-order valence-corrected chi connectivity index (χ2v) is 8.95. The molecule has 0 aliphatic carbocycles. The lowest BCUT2D eigenvalue weighted by molar-refractivity contribution is -0.119. The Morgan fingerprint density at radius 2 is 1.64 bits per heavy atom. The minimum absolute atomic E-state index is 0.00125. The van der Waals surface area contributed by atoms with Crippen LogP contribution in [0.4, 0.5) is 5.69 Å². The summed E-state index contributed by atoms with van der Waals surface area (Å²) in [5.74, 6) is -0.731. The van der Waals surface area contributed by atoms with Crippen molar-refractivity contribution in [3.63, 3.8) is 0 Å². The van der Waals surface area contributed by atoms with Gasteiger partial charge >= 0.3 is 0 Å². The van der Waals surface area contributed by atoms with Gasteiger partial charge in [-0.1, -0.05) is 59.6 Å².